The van der Waals surface area contributed by atoms with Gasteiger partial charge in [0.05, 0.1) is 13.2 Å². The summed E-state index contributed by atoms with van der Waals surface area (Å²) in [6.45, 7) is 4.52. The molecule has 2 aliphatic heterocycles. The van der Waals surface area contributed by atoms with Gasteiger partial charge in [0.25, 0.3) is 0 Å². The summed E-state index contributed by atoms with van der Waals surface area (Å²) < 4.78 is 5.11. The topological polar surface area (TPSA) is 99.2 Å². The Kier molecular flexibility index (Phi) is 3.85. The summed E-state index contributed by atoms with van der Waals surface area (Å²) in [5.41, 5.74) is -0.989. The molecule has 3 amide bonds. The number of nitrogens with zero attached hydrogens (tertiary/aromatic N) is 2. The average molecular weight is 285 g/mol. The Morgan fingerprint density at radius 1 is 1.40 bits per heavy atom. The number of nitrogens with one attached hydrogen (secondary N) is 1. The first-order chi connectivity index (χ1) is 9.35. The van der Waals surface area contributed by atoms with Crippen LogP contribution in [0.3, 0.4) is 0 Å². The predicted octanol–water partition coefficient (Wildman–Crippen LogP) is -0.898. The molecule has 2 fully saturated rings. The molecule has 8 nitrogen and oxygen atoms in total. The zero-order valence-corrected chi connectivity index (χ0v) is 11.6. The average Bonchev–Trinajstić information content (AvgIpc) is 2.41. The molecule has 0 saturated carbocycles. The lowest BCUT2D eigenvalue weighted by molar-refractivity contribution is -0.148. The summed E-state index contributed by atoms with van der Waals surface area (Å²) in [5.74, 6) is -1.34. The molecule has 2 N–H and O–H groups in total. The first kappa shape index (κ1) is 14.6. The fourth-order valence-corrected chi connectivity index (χ4v) is 2.43. The lowest BCUT2D eigenvalue weighted by atomic mass is 9.99. The Hall–Kier alpha value is -1.83. The van der Waals surface area contributed by atoms with E-state index in [2.05, 4.69) is 5.32 Å². The Bertz CT molecular complexity index is 437. The third kappa shape index (κ3) is 2.43. The van der Waals surface area contributed by atoms with Gasteiger partial charge in [-0.25, -0.2) is 9.59 Å². The Labute approximate surface area is 116 Å². The number of hydrogen-bond acceptors (Lipinski definition) is 4. The minimum absolute atomic E-state index is 0.0263. The summed E-state index contributed by atoms with van der Waals surface area (Å²) in [5, 5.41) is 11.9. The maximum atomic E-state index is 12.6. The quantitative estimate of drug-likeness (QED) is 0.650. The molecule has 0 bridgehead atoms. The third-order valence-corrected chi connectivity index (χ3v) is 3.74. The minimum atomic E-state index is -1.10. The van der Waals surface area contributed by atoms with E-state index in [9.17, 15) is 14.4 Å². The second kappa shape index (κ2) is 5.28. The number of hydrogen-bond donors (Lipinski definition) is 2. The van der Waals surface area contributed by atoms with Crippen molar-refractivity contribution in [3.05, 3.63) is 0 Å². The molecule has 0 aromatic carbocycles. The number of piperazine rings is 1. The molecule has 1 atom stereocenters. The SMILES string of the molecule is CC1(C)C(=O)NCCN1C(=O)N1CCOCC1C(=O)O. The molecule has 0 aliphatic carbocycles. The van der Waals surface area contributed by atoms with Gasteiger partial charge in [-0.05, 0) is 13.8 Å². The molecule has 2 heterocycles. The molecule has 20 heavy (non-hydrogen) atoms. The van der Waals surface area contributed by atoms with Crippen LogP contribution in [-0.2, 0) is 14.3 Å². The van der Waals surface area contributed by atoms with E-state index in [0.717, 1.165) is 0 Å². The van der Waals surface area contributed by atoms with Crippen LogP contribution in [0.2, 0.25) is 0 Å². The van der Waals surface area contributed by atoms with E-state index in [4.69, 9.17) is 9.84 Å². The standard InChI is InChI=1S/C12H19N3O5/c1-12(2)10(18)13-3-4-15(12)11(19)14-5-6-20-7-8(14)9(16)17/h8H,3-7H2,1-2H3,(H,13,18)(H,16,17). The molecule has 0 radical (unpaired) electrons. The van der Waals surface area contributed by atoms with E-state index in [-0.39, 0.29) is 19.1 Å². The first-order valence-electron chi connectivity index (χ1n) is 6.53. The number of rotatable bonds is 1. The molecule has 0 aromatic rings. The number of aliphatic carboxylic acids is 1. The van der Waals surface area contributed by atoms with Crippen molar-refractivity contribution in [1.29, 1.82) is 0 Å². The van der Waals surface area contributed by atoms with Crippen LogP contribution < -0.4 is 5.32 Å². The van der Waals surface area contributed by atoms with E-state index >= 15 is 0 Å². The second-order valence-corrected chi connectivity index (χ2v) is 5.37. The summed E-state index contributed by atoms with van der Waals surface area (Å²) >= 11 is 0. The van der Waals surface area contributed by atoms with Crippen LogP contribution >= 0.6 is 0 Å². The third-order valence-electron chi connectivity index (χ3n) is 3.74. The van der Waals surface area contributed by atoms with Crippen molar-refractivity contribution in [2.24, 2.45) is 0 Å². The van der Waals surface area contributed by atoms with Crippen molar-refractivity contribution >= 4 is 17.9 Å². The van der Waals surface area contributed by atoms with Gasteiger partial charge in [0.15, 0.2) is 6.04 Å². The van der Waals surface area contributed by atoms with Gasteiger partial charge in [0, 0.05) is 19.6 Å². The zero-order valence-electron chi connectivity index (χ0n) is 11.6. The van der Waals surface area contributed by atoms with Crippen LogP contribution in [0.4, 0.5) is 4.79 Å². The summed E-state index contributed by atoms with van der Waals surface area (Å²) in [6, 6.07) is -1.43. The Morgan fingerprint density at radius 2 is 2.10 bits per heavy atom. The van der Waals surface area contributed by atoms with Crippen LogP contribution in [0.25, 0.3) is 0 Å². The smallest absolute Gasteiger partial charge is 0.328 e. The maximum absolute atomic E-state index is 12.6. The Morgan fingerprint density at radius 3 is 2.75 bits per heavy atom. The highest BCUT2D eigenvalue weighted by Gasteiger charge is 2.44. The van der Waals surface area contributed by atoms with Gasteiger partial charge in [-0.2, -0.15) is 0 Å². The summed E-state index contributed by atoms with van der Waals surface area (Å²) in [7, 11) is 0. The van der Waals surface area contributed by atoms with E-state index in [1.807, 2.05) is 0 Å². The van der Waals surface area contributed by atoms with Crippen LogP contribution in [0.15, 0.2) is 0 Å². The summed E-state index contributed by atoms with van der Waals surface area (Å²) in [6.07, 6.45) is 0. The monoisotopic (exact) mass is 285 g/mol. The van der Waals surface area contributed by atoms with Gasteiger partial charge in [-0.3, -0.25) is 4.79 Å². The van der Waals surface area contributed by atoms with Crippen molar-refractivity contribution in [1.82, 2.24) is 15.1 Å². The highest BCUT2D eigenvalue weighted by molar-refractivity contribution is 5.92. The molecule has 1 unspecified atom stereocenters. The number of urea groups is 1. The fourth-order valence-electron chi connectivity index (χ4n) is 2.43. The molecular formula is C12H19N3O5. The van der Waals surface area contributed by atoms with Gasteiger partial charge in [0.1, 0.15) is 5.54 Å². The summed E-state index contributed by atoms with van der Waals surface area (Å²) in [4.78, 5) is 38.3. The number of carbonyl (C=O) groups excluding carboxylic acids is 2. The van der Waals surface area contributed by atoms with Crippen molar-refractivity contribution in [3.8, 4) is 0 Å². The fraction of sp³-hybridized carbons (Fsp3) is 0.750. The van der Waals surface area contributed by atoms with Gasteiger partial charge < -0.3 is 25.0 Å². The molecule has 0 spiro atoms. The van der Waals surface area contributed by atoms with Gasteiger partial charge >= 0.3 is 12.0 Å². The van der Waals surface area contributed by atoms with Crippen molar-refractivity contribution in [3.63, 3.8) is 0 Å². The van der Waals surface area contributed by atoms with Crippen molar-refractivity contribution in [2.45, 2.75) is 25.4 Å². The lowest BCUT2D eigenvalue weighted by Gasteiger charge is -2.45. The second-order valence-electron chi connectivity index (χ2n) is 5.37. The zero-order chi connectivity index (χ0) is 14.9. The molecular weight excluding hydrogens is 266 g/mol. The lowest BCUT2D eigenvalue weighted by Crippen LogP contribution is -2.67. The van der Waals surface area contributed by atoms with Crippen molar-refractivity contribution in [2.75, 3.05) is 32.8 Å². The highest BCUT2D eigenvalue weighted by atomic mass is 16.5. The van der Waals surface area contributed by atoms with E-state index in [0.29, 0.717) is 19.7 Å². The normalized spacial score (nSPS) is 26.1. The molecule has 2 aliphatic rings. The maximum Gasteiger partial charge on any atom is 0.328 e. The molecule has 0 aromatic heterocycles. The van der Waals surface area contributed by atoms with Crippen LogP contribution in [0.5, 0.6) is 0 Å². The number of carboxylic acid groups (broad SMARTS) is 1. The van der Waals surface area contributed by atoms with E-state index in [1.165, 1.54) is 9.80 Å². The number of ether oxygens (including phenoxy) is 1. The van der Waals surface area contributed by atoms with Gasteiger partial charge in [-0.15, -0.1) is 0 Å². The van der Waals surface area contributed by atoms with Crippen LogP contribution in [0, 0.1) is 0 Å². The van der Waals surface area contributed by atoms with Crippen LogP contribution in [-0.4, -0.2) is 77.2 Å². The number of carboxylic acids is 1. The largest absolute Gasteiger partial charge is 0.480 e. The first-order valence-corrected chi connectivity index (χ1v) is 6.53. The molecule has 2 rings (SSSR count). The van der Waals surface area contributed by atoms with E-state index < -0.39 is 23.6 Å². The molecule has 8 heteroatoms. The number of carbonyl (C=O) groups is 3. The predicted molar refractivity (Wildman–Crippen MR) is 68.1 cm³/mol. The van der Waals surface area contributed by atoms with Crippen LogP contribution in [0.1, 0.15) is 13.8 Å². The number of morpholine rings is 1. The van der Waals surface area contributed by atoms with E-state index in [1.54, 1.807) is 13.8 Å². The minimum Gasteiger partial charge on any atom is -0.480 e. The highest BCUT2D eigenvalue weighted by Crippen LogP contribution is 2.21. The van der Waals surface area contributed by atoms with Crippen molar-refractivity contribution < 1.29 is 24.2 Å². The molecule has 112 valence electrons. The molecule has 2 saturated heterocycles. The van der Waals surface area contributed by atoms with Gasteiger partial charge in [0.2, 0.25) is 5.91 Å². The Balaban J connectivity index is 2.20. The number of amides is 3. The van der Waals surface area contributed by atoms with Gasteiger partial charge in [-0.1, -0.05) is 0 Å².